The highest BCUT2D eigenvalue weighted by Crippen LogP contribution is 2.31. The van der Waals surface area contributed by atoms with E-state index < -0.39 is 18.6 Å². The maximum absolute atomic E-state index is 13.5. The Kier molecular flexibility index (Phi) is 7.83. The SMILES string of the molecule is COc1cc(C(N)=O)ccc1NCC#Cc1cc2c(NC3CCN(C)CC3)cccc2n1CC(F)(F)F. The number of nitrogens with one attached hydrogen (secondary N) is 2. The molecule has 4 N–H and O–H groups in total. The molecule has 0 radical (unpaired) electrons. The predicted molar refractivity (Wildman–Crippen MR) is 139 cm³/mol. The van der Waals surface area contributed by atoms with Crippen LogP contribution in [0.1, 0.15) is 28.9 Å². The average molecular weight is 514 g/mol. The van der Waals surface area contributed by atoms with Crippen LogP contribution in [0.3, 0.4) is 0 Å². The molecule has 0 aliphatic carbocycles. The molecule has 1 amide bonds. The van der Waals surface area contributed by atoms with Crippen molar-refractivity contribution >= 4 is 28.2 Å². The van der Waals surface area contributed by atoms with Gasteiger partial charge in [-0.2, -0.15) is 13.2 Å². The number of ether oxygens (including phenoxy) is 1. The number of benzene rings is 2. The Labute approximate surface area is 213 Å². The summed E-state index contributed by atoms with van der Waals surface area (Å²) in [7, 11) is 3.55. The van der Waals surface area contributed by atoms with Crippen molar-refractivity contribution in [2.75, 3.05) is 44.4 Å². The summed E-state index contributed by atoms with van der Waals surface area (Å²) in [6, 6.07) is 12.1. The van der Waals surface area contributed by atoms with Crippen LogP contribution in [0.25, 0.3) is 10.9 Å². The Morgan fingerprint density at radius 1 is 1.16 bits per heavy atom. The Morgan fingerprint density at radius 3 is 2.59 bits per heavy atom. The van der Waals surface area contributed by atoms with E-state index in [1.54, 1.807) is 30.3 Å². The molecule has 3 aromatic rings. The maximum atomic E-state index is 13.5. The van der Waals surface area contributed by atoms with Gasteiger partial charge in [-0.25, -0.2) is 0 Å². The molecule has 1 aliphatic rings. The second-order valence-corrected chi connectivity index (χ2v) is 9.13. The molecule has 0 saturated carbocycles. The number of carbonyl (C=O) groups excluding carboxylic acids is 1. The van der Waals surface area contributed by atoms with Crippen molar-refractivity contribution in [2.24, 2.45) is 5.73 Å². The first kappa shape index (κ1) is 26.2. The predicted octanol–water partition coefficient (Wildman–Crippen LogP) is 4.28. The molecule has 2 heterocycles. The van der Waals surface area contributed by atoms with E-state index in [0.717, 1.165) is 31.6 Å². The van der Waals surface area contributed by atoms with Crippen molar-refractivity contribution in [1.82, 2.24) is 9.47 Å². The summed E-state index contributed by atoms with van der Waals surface area (Å²) < 4.78 is 46.9. The molecule has 1 aliphatic heterocycles. The summed E-state index contributed by atoms with van der Waals surface area (Å²) in [5.74, 6) is 5.64. The van der Waals surface area contributed by atoms with Gasteiger partial charge in [-0.3, -0.25) is 4.79 Å². The number of anilines is 2. The molecule has 2 aromatic carbocycles. The Hall–Kier alpha value is -3.84. The topological polar surface area (TPSA) is 84.5 Å². The van der Waals surface area contributed by atoms with Crippen molar-refractivity contribution in [3.63, 3.8) is 0 Å². The highest BCUT2D eigenvalue weighted by Gasteiger charge is 2.30. The Morgan fingerprint density at radius 2 is 1.92 bits per heavy atom. The van der Waals surface area contributed by atoms with Crippen molar-refractivity contribution in [3.8, 4) is 17.6 Å². The fourth-order valence-corrected chi connectivity index (χ4v) is 4.50. The number of likely N-dealkylation sites (tertiary alicyclic amines) is 1. The maximum Gasteiger partial charge on any atom is 0.406 e. The number of amides is 1. The lowest BCUT2D eigenvalue weighted by Crippen LogP contribution is -2.36. The van der Waals surface area contributed by atoms with Crippen molar-refractivity contribution in [1.29, 1.82) is 0 Å². The van der Waals surface area contributed by atoms with Crippen LogP contribution in [0.2, 0.25) is 0 Å². The van der Waals surface area contributed by atoms with E-state index in [4.69, 9.17) is 10.5 Å². The molecule has 1 aromatic heterocycles. The standard InChI is InChI=1S/C27H30F3N5O2/c1-34-13-10-19(11-14-34)33-22-6-3-7-24-21(22)16-20(35(24)17-27(28,29)30)5-4-12-32-23-9-8-18(26(31)36)15-25(23)37-2/h3,6-9,15-16,19,32-33H,10-14,17H2,1-2H3,(H2,31,36). The highest BCUT2D eigenvalue weighted by atomic mass is 19.4. The average Bonchev–Trinajstić information content (AvgIpc) is 3.19. The Bertz CT molecular complexity index is 1330. The van der Waals surface area contributed by atoms with Gasteiger partial charge in [0.15, 0.2) is 0 Å². The number of hydrogen-bond donors (Lipinski definition) is 3. The lowest BCUT2D eigenvalue weighted by atomic mass is 10.0. The van der Waals surface area contributed by atoms with Gasteiger partial charge in [0.25, 0.3) is 0 Å². The number of fused-ring (bicyclic) bond motifs is 1. The van der Waals surface area contributed by atoms with E-state index >= 15 is 0 Å². The molecule has 0 bridgehead atoms. The number of hydrogen-bond acceptors (Lipinski definition) is 5. The number of piperidine rings is 1. The minimum Gasteiger partial charge on any atom is -0.495 e. The monoisotopic (exact) mass is 513 g/mol. The van der Waals surface area contributed by atoms with Gasteiger partial charge in [-0.1, -0.05) is 12.0 Å². The normalized spacial score (nSPS) is 14.7. The van der Waals surface area contributed by atoms with Crippen LogP contribution < -0.4 is 21.1 Å². The molecule has 0 atom stereocenters. The zero-order valence-corrected chi connectivity index (χ0v) is 20.8. The third-order valence-electron chi connectivity index (χ3n) is 6.43. The molecule has 37 heavy (non-hydrogen) atoms. The number of aromatic nitrogens is 1. The molecule has 0 unspecified atom stereocenters. The van der Waals surface area contributed by atoms with Crippen LogP contribution >= 0.6 is 0 Å². The van der Waals surface area contributed by atoms with E-state index in [2.05, 4.69) is 34.4 Å². The largest absolute Gasteiger partial charge is 0.495 e. The summed E-state index contributed by atoms with van der Waals surface area (Å²) in [4.78, 5) is 13.7. The highest BCUT2D eigenvalue weighted by molar-refractivity contribution is 5.94. The number of alkyl halides is 3. The van der Waals surface area contributed by atoms with E-state index in [1.807, 2.05) is 6.07 Å². The van der Waals surface area contributed by atoms with Gasteiger partial charge < -0.3 is 30.6 Å². The fraction of sp³-hybridized carbons (Fsp3) is 0.370. The Balaban J connectivity index is 1.59. The van der Waals surface area contributed by atoms with Crippen molar-refractivity contribution < 1.29 is 22.7 Å². The summed E-state index contributed by atoms with van der Waals surface area (Å²) >= 11 is 0. The number of halogens is 3. The first-order valence-corrected chi connectivity index (χ1v) is 12.0. The van der Waals surface area contributed by atoms with E-state index in [1.165, 1.54) is 17.7 Å². The summed E-state index contributed by atoms with van der Waals surface area (Å²) in [5, 5.41) is 7.32. The zero-order chi connectivity index (χ0) is 26.6. The first-order valence-electron chi connectivity index (χ1n) is 12.0. The quantitative estimate of drug-likeness (QED) is 0.411. The van der Waals surface area contributed by atoms with Gasteiger partial charge in [-0.15, -0.1) is 0 Å². The van der Waals surface area contributed by atoms with Crippen molar-refractivity contribution in [2.45, 2.75) is 31.6 Å². The number of methoxy groups -OCH3 is 1. The fourth-order valence-electron chi connectivity index (χ4n) is 4.50. The van der Waals surface area contributed by atoms with Gasteiger partial charge in [0.1, 0.15) is 12.3 Å². The van der Waals surface area contributed by atoms with Gasteiger partial charge in [-0.05, 0) is 75.3 Å². The first-order chi connectivity index (χ1) is 17.6. The van der Waals surface area contributed by atoms with E-state index in [0.29, 0.717) is 27.9 Å². The molecule has 10 heteroatoms. The molecule has 196 valence electrons. The molecular weight excluding hydrogens is 483 g/mol. The summed E-state index contributed by atoms with van der Waals surface area (Å²) in [6.45, 7) is 0.972. The minimum absolute atomic E-state index is 0.153. The number of rotatable bonds is 7. The molecule has 1 fully saturated rings. The van der Waals surface area contributed by atoms with Crippen molar-refractivity contribution in [3.05, 3.63) is 53.7 Å². The van der Waals surface area contributed by atoms with Crippen LogP contribution in [0, 0.1) is 11.8 Å². The number of nitrogens with two attached hydrogens (primary N) is 1. The number of carbonyl (C=O) groups is 1. The molecular formula is C27H30F3N5O2. The van der Waals surface area contributed by atoms with Crippen LogP contribution in [-0.4, -0.2) is 61.4 Å². The van der Waals surface area contributed by atoms with Gasteiger partial charge in [0, 0.05) is 22.7 Å². The summed E-state index contributed by atoms with van der Waals surface area (Å²) in [5.41, 5.74) is 7.77. The van der Waals surface area contributed by atoms with Crippen LogP contribution in [0.5, 0.6) is 5.75 Å². The second-order valence-electron chi connectivity index (χ2n) is 9.13. The minimum atomic E-state index is -4.40. The third kappa shape index (κ3) is 6.49. The third-order valence-corrected chi connectivity index (χ3v) is 6.43. The second kappa shape index (κ2) is 11.0. The molecule has 7 nitrogen and oxygen atoms in total. The lowest BCUT2D eigenvalue weighted by molar-refractivity contribution is -0.140. The zero-order valence-electron chi connectivity index (χ0n) is 20.8. The van der Waals surface area contributed by atoms with Gasteiger partial charge in [0.2, 0.25) is 5.91 Å². The molecule has 4 rings (SSSR count). The molecule has 1 saturated heterocycles. The van der Waals surface area contributed by atoms with Crippen LogP contribution in [0.4, 0.5) is 24.5 Å². The van der Waals surface area contributed by atoms with E-state index in [-0.39, 0.29) is 18.3 Å². The number of nitrogens with zero attached hydrogens (tertiary/aromatic N) is 2. The van der Waals surface area contributed by atoms with Gasteiger partial charge in [0.05, 0.1) is 30.6 Å². The number of primary amides is 1. The van der Waals surface area contributed by atoms with Gasteiger partial charge >= 0.3 is 6.18 Å². The van der Waals surface area contributed by atoms with Crippen LogP contribution in [0.15, 0.2) is 42.5 Å². The smallest absolute Gasteiger partial charge is 0.406 e. The lowest BCUT2D eigenvalue weighted by Gasteiger charge is -2.30. The molecule has 0 spiro atoms. The van der Waals surface area contributed by atoms with Crippen LogP contribution in [-0.2, 0) is 6.54 Å². The van der Waals surface area contributed by atoms with E-state index in [9.17, 15) is 18.0 Å². The summed E-state index contributed by atoms with van der Waals surface area (Å²) in [6.07, 6.45) is -2.45.